The van der Waals surface area contributed by atoms with Crippen LogP contribution in [-0.4, -0.2) is 5.11 Å². The topological polar surface area (TPSA) is 20.2 Å². The maximum atomic E-state index is 10.3. The first-order valence-corrected chi connectivity index (χ1v) is 6.91. The second-order valence-corrected chi connectivity index (χ2v) is 7.43. The van der Waals surface area contributed by atoms with Gasteiger partial charge in [0.1, 0.15) is 0 Å². The molecule has 0 aliphatic heterocycles. The molecule has 16 heavy (non-hydrogen) atoms. The van der Waals surface area contributed by atoms with E-state index in [-0.39, 0.29) is 16.9 Å². The smallest absolute Gasteiger partial charge is 0.0855 e. The zero-order valence-electron chi connectivity index (χ0n) is 10.9. The molecule has 0 amide bonds. The van der Waals surface area contributed by atoms with Crippen molar-refractivity contribution in [2.24, 2.45) is 5.41 Å². The van der Waals surface area contributed by atoms with Crippen molar-refractivity contribution < 1.29 is 5.11 Å². The summed E-state index contributed by atoms with van der Waals surface area (Å²) in [5.41, 5.74) is 1.46. The number of thiophene rings is 1. The normalized spacial score (nSPS) is 23.5. The quantitative estimate of drug-likeness (QED) is 0.824. The van der Waals surface area contributed by atoms with Gasteiger partial charge in [0.15, 0.2) is 0 Å². The van der Waals surface area contributed by atoms with E-state index >= 15 is 0 Å². The SMILES string of the molecule is CCC(C)(C)c1cc2c(s1)CC(C)(C)C2O. The van der Waals surface area contributed by atoms with Gasteiger partial charge in [0.05, 0.1) is 6.10 Å². The summed E-state index contributed by atoms with van der Waals surface area (Å²) in [5.74, 6) is 0. The molecule has 0 radical (unpaired) electrons. The van der Waals surface area contributed by atoms with E-state index in [4.69, 9.17) is 0 Å². The van der Waals surface area contributed by atoms with Gasteiger partial charge in [0.25, 0.3) is 0 Å². The van der Waals surface area contributed by atoms with E-state index in [1.54, 1.807) is 0 Å². The predicted molar refractivity (Wildman–Crippen MR) is 70.1 cm³/mol. The lowest BCUT2D eigenvalue weighted by Gasteiger charge is -2.24. The number of hydrogen-bond donors (Lipinski definition) is 1. The zero-order valence-corrected chi connectivity index (χ0v) is 11.7. The molecule has 0 aromatic carbocycles. The van der Waals surface area contributed by atoms with Gasteiger partial charge >= 0.3 is 0 Å². The lowest BCUT2D eigenvalue weighted by molar-refractivity contribution is 0.0665. The third-order valence-electron chi connectivity index (χ3n) is 4.04. The molecule has 1 aromatic rings. The number of hydrogen-bond acceptors (Lipinski definition) is 2. The fraction of sp³-hybridized carbons (Fsp3) is 0.714. The summed E-state index contributed by atoms with van der Waals surface area (Å²) < 4.78 is 0. The average molecular weight is 238 g/mol. The van der Waals surface area contributed by atoms with E-state index in [2.05, 4.69) is 40.7 Å². The maximum absolute atomic E-state index is 10.3. The summed E-state index contributed by atoms with van der Waals surface area (Å²) in [7, 11) is 0. The van der Waals surface area contributed by atoms with Gasteiger partial charge in [0.2, 0.25) is 0 Å². The van der Waals surface area contributed by atoms with E-state index < -0.39 is 0 Å². The molecule has 1 aromatic heterocycles. The van der Waals surface area contributed by atoms with Crippen LogP contribution in [0.15, 0.2) is 6.07 Å². The molecule has 0 bridgehead atoms. The maximum Gasteiger partial charge on any atom is 0.0855 e. The van der Waals surface area contributed by atoms with E-state index in [1.807, 2.05) is 11.3 Å². The van der Waals surface area contributed by atoms with Gasteiger partial charge in [-0.05, 0) is 35.3 Å². The molecule has 1 nitrogen and oxygen atoms in total. The largest absolute Gasteiger partial charge is 0.388 e. The Morgan fingerprint density at radius 2 is 2.12 bits per heavy atom. The molecule has 0 spiro atoms. The van der Waals surface area contributed by atoms with Crippen LogP contribution in [0, 0.1) is 5.41 Å². The minimum Gasteiger partial charge on any atom is -0.388 e. The Balaban J connectivity index is 2.37. The van der Waals surface area contributed by atoms with Gasteiger partial charge < -0.3 is 5.11 Å². The average Bonchev–Trinajstić information content (AvgIpc) is 2.67. The van der Waals surface area contributed by atoms with Crippen LogP contribution in [0.1, 0.15) is 62.5 Å². The van der Waals surface area contributed by atoms with Crippen LogP contribution >= 0.6 is 11.3 Å². The Kier molecular flexibility index (Phi) is 2.71. The molecular formula is C14H22OS. The van der Waals surface area contributed by atoms with Crippen LogP contribution in [0.3, 0.4) is 0 Å². The monoisotopic (exact) mass is 238 g/mol. The van der Waals surface area contributed by atoms with Crippen molar-refractivity contribution in [3.63, 3.8) is 0 Å². The van der Waals surface area contributed by atoms with Crippen molar-refractivity contribution in [3.8, 4) is 0 Å². The van der Waals surface area contributed by atoms with Crippen molar-refractivity contribution in [2.75, 3.05) is 0 Å². The molecule has 1 N–H and O–H groups in total. The number of aliphatic hydroxyl groups excluding tert-OH is 1. The highest BCUT2D eigenvalue weighted by molar-refractivity contribution is 7.12. The van der Waals surface area contributed by atoms with Crippen LogP contribution in [0.4, 0.5) is 0 Å². The van der Waals surface area contributed by atoms with Crippen LogP contribution in [-0.2, 0) is 11.8 Å². The fourth-order valence-corrected chi connectivity index (χ4v) is 3.86. The first kappa shape index (κ1) is 12.1. The standard InChI is InChI=1S/C14H22OS/c1-6-13(2,3)11-7-9-10(16-11)8-14(4,5)12(9)15/h7,12,15H,6,8H2,1-5H3. The minimum absolute atomic E-state index is 0.0239. The lowest BCUT2D eigenvalue weighted by atomic mass is 9.86. The molecule has 0 fully saturated rings. The number of fused-ring (bicyclic) bond motifs is 1. The van der Waals surface area contributed by atoms with Gasteiger partial charge in [-0.2, -0.15) is 0 Å². The molecule has 2 rings (SSSR count). The molecule has 1 aliphatic carbocycles. The Bertz CT molecular complexity index is 401. The van der Waals surface area contributed by atoms with Crippen LogP contribution < -0.4 is 0 Å². The Morgan fingerprint density at radius 3 is 2.62 bits per heavy atom. The Hall–Kier alpha value is -0.340. The fourth-order valence-electron chi connectivity index (χ4n) is 2.25. The first-order chi connectivity index (χ1) is 7.28. The summed E-state index contributed by atoms with van der Waals surface area (Å²) >= 11 is 1.90. The third kappa shape index (κ3) is 1.72. The summed E-state index contributed by atoms with van der Waals surface area (Å²) in [4.78, 5) is 2.82. The zero-order chi connectivity index (χ0) is 12.1. The Labute approximate surface area is 103 Å². The van der Waals surface area contributed by atoms with Crippen LogP contribution in [0.5, 0.6) is 0 Å². The predicted octanol–water partition coefficient (Wildman–Crippen LogP) is 4.05. The van der Waals surface area contributed by atoms with Gasteiger partial charge in [-0.3, -0.25) is 0 Å². The van der Waals surface area contributed by atoms with Gasteiger partial charge in [0, 0.05) is 9.75 Å². The highest BCUT2D eigenvalue weighted by atomic mass is 32.1. The van der Waals surface area contributed by atoms with Gasteiger partial charge in [-0.1, -0.05) is 34.6 Å². The van der Waals surface area contributed by atoms with E-state index in [0.717, 1.165) is 12.8 Å². The van der Waals surface area contributed by atoms with Gasteiger partial charge in [-0.25, -0.2) is 0 Å². The summed E-state index contributed by atoms with van der Waals surface area (Å²) in [5, 5.41) is 10.3. The van der Waals surface area contributed by atoms with Crippen molar-refractivity contribution in [1.29, 1.82) is 0 Å². The first-order valence-electron chi connectivity index (χ1n) is 6.09. The summed E-state index contributed by atoms with van der Waals surface area (Å²) in [6.45, 7) is 11.1. The highest BCUT2D eigenvalue weighted by Crippen LogP contribution is 2.50. The van der Waals surface area contributed by atoms with Crippen molar-refractivity contribution in [2.45, 2.75) is 59.0 Å². The summed E-state index contributed by atoms with van der Waals surface area (Å²) in [6.07, 6.45) is 1.89. The molecule has 1 atom stereocenters. The molecule has 0 saturated carbocycles. The van der Waals surface area contributed by atoms with Gasteiger partial charge in [-0.15, -0.1) is 11.3 Å². The van der Waals surface area contributed by atoms with Crippen LogP contribution in [0.25, 0.3) is 0 Å². The number of rotatable bonds is 2. The molecular weight excluding hydrogens is 216 g/mol. The van der Waals surface area contributed by atoms with Crippen LogP contribution in [0.2, 0.25) is 0 Å². The molecule has 1 aliphatic rings. The molecule has 2 heteroatoms. The van der Waals surface area contributed by atoms with Crippen molar-refractivity contribution in [3.05, 3.63) is 21.4 Å². The van der Waals surface area contributed by atoms with Crippen molar-refractivity contribution >= 4 is 11.3 Å². The lowest BCUT2D eigenvalue weighted by Crippen LogP contribution is -2.18. The summed E-state index contributed by atoms with van der Waals surface area (Å²) in [6, 6.07) is 2.24. The van der Waals surface area contributed by atoms with E-state index in [0.29, 0.717) is 0 Å². The van der Waals surface area contributed by atoms with Crippen molar-refractivity contribution in [1.82, 2.24) is 0 Å². The minimum atomic E-state index is -0.278. The second kappa shape index (κ2) is 3.58. The van der Waals surface area contributed by atoms with E-state index in [1.165, 1.54) is 15.3 Å². The van der Waals surface area contributed by atoms with E-state index in [9.17, 15) is 5.11 Å². The highest BCUT2D eigenvalue weighted by Gasteiger charge is 2.40. The third-order valence-corrected chi connectivity index (χ3v) is 5.56. The molecule has 90 valence electrons. The molecule has 1 heterocycles. The second-order valence-electron chi connectivity index (χ2n) is 6.29. The molecule has 0 saturated heterocycles. The Morgan fingerprint density at radius 1 is 1.50 bits per heavy atom. The number of aliphatic hydroxyl groups is 1. The molecule has 1 unspecified atom stereocenters.